The molecule has 0 heterocycles. The summed E-state index contributed by atoms with van der Waals surface area (Å²) in [6.07, 6.45) is 35.5. The SMILES string of the molecule is CCCCCCCCCC/C=C\CCCCCCCCCCCC(=O)OC(COCCC(C(=O)[O-])[N+](C)(C)C)COC(=O)CCCCCCCC. The van der Waals surface area contributed by atoms with Crippen molar-refractivity contribution in [3.8, 4) is 0 Å². The van der Waals surface area contributed by atoms with Gasteiger partial charge in [0.05, 0.1) is 40.3 Å². The number of rotatable bonds is 38. The number of carbonyl (C=O) groups excluding carboxylic acids is 3. The molecule has 0 saturated heterocycles. The van der Waals surface area contributed by atoms with Gasteiger partial charge in [0.25, 0.3) is 0 Å². The van der Waals surface area contributed by atoms with Crippen molar-refractivity contribution in [2.75, 3.05) is 41.0 Å². The molecular weight excluding hydrogens is 642 g/mol. The first-order chi connectivity index (χ1) is 24.6. The van der Waals surface area contributed by atoms with Gasteiger partial charge in [-0.25, -0.2) is 0 Å². The first kappa shape index (κ1) is 49.1. The Kier molecular flexibility index (Phi) is 33.8. The minimum atomic E-state index is -1.12. The molecule has 0 aliphatic rings. The molecule has 0 radical (unpaired) electrons. The van der Waals surface area contributed by atoms with Crippen LogP contribution in [-0.2, 0) is 28.6 Å². The van der Waals surface area contributed by atoms with Gasteiger partial charge in [-0.2, -0.15) is 0 Å². The van der Waals surface area contributed by atoms with Gasteiger partial charge >= 0.3 is 11.9 Å². The Morgan fingerprint density at radius 2 is 0.980 bits per heavy atom. The van der Waals surface area contributed by atoms with Gasteiger partial charge in [-0.1, -0.05) is 148 Å². The number of carboxylic acids is 1. The lowest BCUT2D eigenvalue weighted by Crippen LogP contribution is -2.55. The van der Waals surface area contributed by atoms with Crippen LogP contribution in [0.25, 0.3) is 0 Å². The van der Waals surface area contributed by atoms with Crippen molar-refractivity contribution < 1.29 is 38.2 Å². The van der Waals surface area contributed by atoms with Crippen LogP contribution in [0.4, 0.5) is 0 Å². The summed E-state index contributed by atoms with van der Waals surface area (Å²) in [7, 11) is 5.40. The first-order valence-electron chi connectivity index (χ1n) is 21.2. The molecule has 0 rings (SSSR count). The number of unbranched alkanes of at least 4 members (excludes halogenated alkanes) is 22. The summed E-state index contributed by atoms with van der Waals surface area (Å²) in [5.74, 6) is -1.74. The van der Waals surface area contributed by atoms with Crippen LogP contribution in [0.5, 0.6) is 0 Å². The smallest absolute Gasteiger partial charge is 0.306 e. The molecule has 8 heteroatoms. The summed E-state index contributed by atoms with van der Waals surface area (Å²) in [6.45, 7) is 4.61. The average molecular weight is 724 g/mol. The van der Waals surface area contributed by atoms with Gasteiger partial charge in [-0.05, 0) is 38.5 Å². The van der Waals surface area contributed by atoms with E-state index in [0.717, 1.165) is 38.5 Å². The van der Waals surface area contributed by atoms with Gasteiger partial charge in [0.2, 0.25) is 0 Å². The number of carboxylic acid groups (broad SMARTS) is 1. The molecule has 0 aromatic heterocycles. The van der Waals surface area contributed by atoms with Crippen molar-refractivity contribution in [2.24, 2.45) is 0 Å². The summed E-state index contributed by atoms with van der Waals surface area (Å²) in [5.41, 5.74) is 0. The molecule has 0 aliphatic heterocycles. The second-order valence-electron chi connectivity index (χ2n) is 15.6. The van der Waals surface area contributed by atoms with Crippen LogP contribution in [0, 0.1) is 0 Å². The minimum absolute atomic E-state index is 0.0442. The Morgan fingerprint density at radius 3 is 1.41 bits per heavy atom. The molecule has 0 aromatic carbocycles. The lowest BCUT2D eigenvalue weighted by Gasteiger charge is -2.34. The number of carbonyl (C=O) groups is 3. The highest BCUT2D eigenvalue weighted by molar-refractivity contribution is 5.70. The zero-order valence-electron chi connectivity index (χ0n) is 34.0. The average Bonchev–Trinajstić information content (AvgIpc) is 3.08. The third-order valence-corrected chi connectivity index (χ3v) is 9.65. The summed E-state index contributed by atoms with van der Waals surface area (Å²) in [6, 6.07) is -0.720. The number of esters is 2. The van der Waals surface area contributed by atoms with E-state index in [4.69, 9.17) is 14.2 Å². The van der Waals surface area contributed by atoms with Gasteiger partial charge in [0.1, 0.15) is 12.6 Å². The van der Waals surface area contributed by atoms with Gasteiger partial charge < -0.3 is 28.6 Å². The minimum Gasteiger partial charge on any atom is -0.544 e. The molecule has 2 atom stereocenters. The van der Waals surface area contributed by atoms with Crippen LogP contribution in [-0.4, -0.2) is 75.5 Å². The molecule has 0 aromatic rings. The molecule has 0 N–H and O–H groups in total. The van der Waals surface area contributed by atoms with Gasteiger partial charge in [-0.3, -0.25) is 9.59 Å². The molecule has 0 bridgehead atoms. The largest absolute Gasteiger partial charge is 0.544 e. The van der Waals surface area contributed by atoms with Gasteiger partial charge in [0.15, 0.2) is 6.10 Å². The van der Waals surface area contributed by atoms with Crippen LogP contribution in [0.15, 0.2) is 12.2 Å². The molecule has 0 fully saturated rings. The number of aliphatic carboxylic acids is 1. The molecule has 51 heavy (non-hydrogen) atoms. The molecule has 0 spiro atoms. The highest BCUT2D eigenvalue weighted by atomic mass is 16.6. The van der Waals surface area contributed by atoms with E-state index in [1.807, 2.05) is 0 Å². The monoisotopic (exact) mass is 724 g/mol. The van der Waals surface area contributed by atoms with Crippen molar-refractivity contribution in [2.45, 2.75) is 206 Å². The van der Waals surface area contributed by atoms with Crippen LogP contribution in [0.2, 0.25) is 0 Å². The first-order valence-corrected chi connectivity index (χ1v) is 21.2. The Bertz CT molecular complexity index is 854. The summed E-state index contributed by atoms with van der Waals surface area (Å²) >= 11 is 0. The van der Waals surface area contributed by atoms with E-state index >= 15 is 0 Å². The number of hydrogen-bond donors (Lipinski definition) is 0. The topological polar surface area (TPSA) is 102 Å². The standard InChI is InChI=1S/C43H81NO7/c1-6-8-10-12-14-15-16-17-18-19-20-21-22-23-24-25-26-27-28-30-32-34-42(46)51-39(37-49-36-35-40(43(47)48)44(3,4)5)38-50-41(45)33-31-29-13-11-9-7-2/h19-20,39-40H,6-18,21-38H2,1-5H3/b20-19-. The maximum atomic E-state index is 12.6. The van der Waals surface area contributed by atoms with Gasteiger partial charge in [0, 0.05) is 19.3 Å². The maximum absolute atomic E-state index is 12.6. The Morgan fingerprint density at radius 1 is 0.569 bits per heavy atom. The molecule has 8 nitrogen and oxygen atoms in total. The molecule has 2 unspecified atom stereocenters. The van der Waals surface area contributed by atoms with Crippen molar-refractivity contribution in [3.05, 3.63) is 12.2 Å². The fourth-order valence-corrected chi connectivity index (χ4v) is 6.30. The fourth-order valence-electron chi connectivity index (χ4n) is 6.30. The van der Waals surface area contributed by atoms with Crippen LogP contribution >= 0.6 is 0 Å². The summed E-state index contributed by atoms with van der Waals surface area (Å²) in [4.78, 5) is 36.5. The van der Waals surface area contributed by atoms with E-state index in [0.29, 0.717) is 12.8 Å². The van der Waals surface area contributed by atoms with Gasteiger partial charge in [-0.15, -0.1) is 0 Å². The van der Waals surface area contributed by atoms with E-state index in [1.54, 1.807) is 21.1 Å². The van der Waals surface area contributed by atoms with E-state index in [2.05, 4.69) is 26.0 Å². The molecule has 0 amide bonds. The third kappa shape index (κ3) is 33.6. The summed E-state index contributed by atoms with van der Waals surface area (Å²) in [5, 5.41) is 11.6. The number of nitrogens with zero attached hydrogens (tertiary/aromatic N) is 1. The predicted octanol–water partition coefficient (Wildman–Crippen LogP) is 9.80. The van der Waals surface area contributed by atoms with Crippen molar-refractivity contribution >= 4 is 17.9 Å². The van der Waals surface area contributed by atoms with Crippen LogP contribution in [0.1, 0.15) is 194 Å². The zero-order chi connectivity index (χ0) is 37.8. The number of ether oxygens (including phenoxy) is 3. The van der Waals surface area contributed by atoms with E-state index in [1.165, 1.54) is 122 Å². The predicted molar refractivity (Wildman–Crippen MR) is 208 cm³/mol. The van der Waals surface area contributed by atoms with Crippen LogP contribution in [0.3, 0.4) is 0 Å². The zero-order valence-corrected chi connectivity index (χ0v) is 34.0. The number of likely N-dealkylation sites (N-methyl/N-ethyl adjacent to an activating group) is 1. The lowest BCUT2D eigenvalue weighted by molar-refractivity contribution is -0.889. The second-order valence-corrected chi connectivity index (χ2v) is 15.6. The van der Waals surface area contributed by atoms with Crippen molar-refractivity contribution in [1.29, 1.82) is 0 Å². The fraction of sp³-hybridized carbons (Fsp3) is 0.884. The number of hydrogen-bond acceptors (Lipinski definition) is 7. The normalized spacial score (nSPS) is 13.0. The lowest BCUT2D eigenvalue weighted by atomic mass is 10.1. The van der Waals surface area contributed by atoms with Crippen molar-refractivity contribution in [1.82, 2.24) is 0 Å². The Labute approximate surface area is 314 Å². The highest BCUT2D eigenvalue weighted by Gasteiger charge is 2.25. The third-order valence-electron chi connectivity index (χ3n) is 9.65. The number of allylic oxidation sites excluding steroid dienone is 2. The van der Waals surface area contributed by atoms with E-state index in [-0.39, 0.29) is 42.7 Å². The summed E-state index contributed by atoms with van der Waals surface area (Å²) < 4.78 is 17.0. The van der Waals surface area contributed by atoms with Crippen molar-refractivity contribution in [3.63, 3.8) is 0 Å². The molecule has 0 aliphatic carbocycles. The molecule has 300 valence electrons. The quantitative estimate of drug-likeness (QED) is 0.0271. The van der Waals surface area contributed by atoms with Crippen LogP contribution < -0.4 is 5.11 Å². The highest BCUT2D eigenvalue weighted by Crippen LogP contribution is 2.14. The Hall–Kier alpha value is -1.93. The second kappa shape index (κ2) is 35.1. The Balaban J connectivity index is 4.15. The maximum Gasteiger partial charge on any atom is 0.306 e. The van der Waals surface area contributed by atoms with E-state index in [9.17, 15) is 19.5 Å². The molecular formula is C43H81NO7. The van der Waals surface area contributed by atoms with E-state index < -0.39 is 18.1 Å². The molecule has 0 saturated carbocycles. The number of quaternary nitrogens is 1.